The largest absolute Gasteiger partial charge is 0.508 e. The zero-order valence-electron chi connectivity index (χ0n) is 8.94. The van der Waals surface area contributed by atoms with Crippen molar-refractivity contribution in [1.82, 2.24) is 5.32 Å². The molecule has 3 heteroatoms. The molecule has 0 aromatic heterocycles. The average molecular weight is 228 g/mol. The second-order valence-corrected chi connectivity index (χ2v) is 4.03. The molecule has 1 aromatic rings. The second kappa shape index (κ2) is 5.38. The minimum Gasteiger partial charge on any atom is -0.508 e. The van der Waals surface area contributed by atoms with Crippen molar-refractivity contribution in [3.63, 3.8) is 0 Å². The second-order valence-electron chi connectivity index (χ2n) is 4.03. The molecule has 0 spiro atoms. The zero-order valence-corrected chi connectivity index (χ0v) is 9.76. The van der Waals surface area contributed by atoms with E-state index in [1.165, 1.54) is 12.0 Å². The Balaban J connectivity index is 0.00000112. The predicted octanol–water partition coefficient (Wildman–Crippen LogP) is 2.53. The summed E-state index contributed by atoms with van der Waals surface area (Å²) >= 11 is 0. The van der Waals surface area contributed by atoms with Crippen LogP contribution in [0.4, 0.5) is 0 Å². The lowest BCUT2D eigenvalue weighted by Crippen LogP contribution is -2.09. The smallest absolute Gasteiger partial charge is 0.115 e. The Morgan fingerprint density at radius 3 is 2.87 bits per heavy atom. The summed E-state index contributed by atoms with van der Waals surface area (Å²) in [4.78, 5) is 0. The minimum atomic E-state index is 0. The van der Waals surface area contributed by atoms with Gasteiger partial charge in [-0.1, -0.05) is 25.5 Å². The predicted molar refractivity (Wildman–Crippen MR) is 64.7 cm³/mol. The number of nitrogens with one attached hydrogen (secondary N) is 1. The van der Waals surface area contributed by atoms with E-state index < -0.39 is 0 Å². The summed E-state index contributed by atoms with van der Waals surface area (Å²) < 4.78 is 0. The van der Waals surface area contributed by atoms with Gasteiger partial charge in [-0.05, 0) is 30.2 Å². The number of rotatable bonds is 2. The fraction of sp³-hybridized carbons (Fsp3) is 0.500. The summed E-state index contributed by atoms with van der Waals surface area (Å²) in [6, 6.07) is 7.66. The molecule has 1 aliphatic heterocycles. The number of halogens is 1. The summed E-state index contributed by atoms with van der Waals surface area (Å²) in [5.74, 6) is 1.67. The highest BCUT2D eigenvalue weighted by molar-refractivity contribution is 5.85. The third-order valence-corrected chi connectivity index (χ3v) is 3.16. The van der Waals surface area contributed by atoms with Gasteiger partial charge >= 0.3 is 0 Å². The Kier molecular flexibility index (Phi) is 4.43. The van der Waals surface area contributed by atoms with Crippen LogP contribution in [0, 0.1) is 5.92 Å². The van der Waals surface area contributed by atoms with Crippen LogP contribution in [-0.2, 0) is 0 Å². The maximum absolute atomic E-state index is 9.41. The van der Waals surface area contributed by atoms with Gasteiger partial charge in [0.2, 0.25) is 0 Å². The highest BCUT2D eigenvalue weighted by Gasteiger charge is 2.26. The molecular formula is C12H18ClNO. The van der Waals surface area contributed by atoms with E-state index in [-0.39, 0.29) is 12.4 Å². The summed E-state index contributed by atoms with van der Waals surface area (Å²) in [6.45, 7) is 4.38. The highest BCUT2D eigenvalue weighted by atomic mass is 35.5. The molecule has 2 nitrogen and oxygen atoms in total. The molecule has 2 atom stereocenters. The topological polar surface area (TPSA) is 32.3 Å². The summed E-state index contributed by atoms with van der Waals surface area (Å²) in [7, 11) is 0. The first-order valence-electron chi connectivity index (χ1n) is 5.31. The van der Waals surface area contributed by atoms with Crippen molar-refractivity contribution in [2.45, 2.75) is 19.3 Å². The zero-order chi connectivity index (χ0) is 9.97. The first-order valence-corrected chi connectivity index (χ1v) is 5.31. The van der Waals surface area contributed by atoms with Crippen molar-refractivity contribution in [3.05, 3.63) is 29.8 Å². The van der Waals surface area contributed by atoms with Crippen LogP contribution in [0.3, 0.4) is 0 Å². The van der Waals surface area contributed by atoms with E-state index in [0.29, 0.717) is 11.7 Å². The molecular weight excluding hydrogens is 210 g/mol. The summed E-state index contributed by atoms with van der Waals surface area (Å²) in [5.41, 5.74) is 1.27. The van der Waals surface area contributed by atoms with Crippen molar-refractivity contribution >= 4 is 12.4 Å². The van der Waals surface area contributed by atoms with E-state index in [2.05, 4.69) is 18.3 Å². The van der Waals surface area contributed by atoms with E-state index in [4.69, 9.17) is 0 Å². The monoisotopic (exact) mass is 227 g/mol. The van der Waals surface area contributed by atoms with Crippen molar-refractivity contribution < 1.29 is 5.11 Å². The molecule has 1 aliphatic rings. The van der Waals surface area contributed by atoms with Crippen molar-refractivity contribution in [1.29, 1.82) is 0 Å². The van der Waals surface area contributed by atoms with Crippen LogP contribution in [0.2, 0.25) is 0 Å². The van der Waals surface area contributed by atoms with Crippen molar-refractivity contribution in [2.24, 2.45) is 5.92 Å². The van der Waals surface area contributed by atoms with Crippen LogP contribution in [0.25, 0.3) is 0 Å². The van der Waals surface area contributed by atoms with Gasteiger partial charge in [-0.2, -0.15) is 0 Å². The number of phenolic OH excluding ortho intramolecular Hbond substituents is 1. The Labute approximate surface area is 97.1 Å². The van der Waals surface area contributed by atoms with Gasteiger partial charge in [0.25, 0.3) is 0 Å². The normalized spacial score (nSPS) is 24.9. The van der Waals surface area contributed by atoms with E-state index in [0.717, 1.165) is 19.0 Å². The first-order chi connectivity index (χ1) is 6.81. The van der Waals surface area contributed by atoms with Crippen LogP contribution in [0.1, 0.15) is 24.8 Å². The molecule has 1 saturated heterocycles. The highest BCUT2D eigenvalue weighted by Crippen LogP contribution is 2.31. The molecule has 0 radical (unpaired) electrons. The lowest BCUT2D eigenvalue weighted by molar-refractivity contribution is 0.468. The van der Waals surface area contributed by atoms with E-state index >= 15 is 0 Å². The van der Waals surface area contributed by atoms with Gasteiger partial charge in [0.05, 0.1) is 0 Å². The maximum Gasteiger partial charge on any atom is 0.115 e. The summed E-state index contributed by atoms with van der Waals surface area (Å²) in [6.07, 6.45) is 1.20. The molecule has 0 amide bonds. The van der Waals surface area contributed by atoms with Crippen LogP contribution in [0.15, 0.2) is 24.3 Å². The van der Waals surface area contributed by atoms with Crippen LogP contribution < -0.4 is 5.32 Å². The lowest BCUT2D eigenvalue weighted by atomic mass is 9.87. The Morgan fingerprint density at radius 1 is 1.40 bits per heavy atom. The summed E-state index contributed by atoms with van der Waals surface area (Å²) in [5, 5.41) is 12.8. The van der Waals surface area contributed by atoms with Gasteiger partial charge < -0.3 is 10.4 Å². The average Bonchev–Trinajstić information content (AvgIpc) is 2.65. The molecule has 2 rings (SSSR count). The van der Waals surface area contributed by atoms with Crippen LogP contribution in [-0.4, -0.2) is 18.2 Å². The Morgan fingerprint density at radius 2 is 2.20 bits per heavy atom. The molecule has 1 fully saturated rings. The quantitative estimate of drug-likeness (QED) is 0.814. The molecule has 1 heterocycles. The lowest BCUT2D eigenvalue weighted by Gasteiger charge is -2.17. The van der Waals surface area contributed by atoms with Gasteiger partial charge in [0, 0.05) is 12.5 Å². The molecule has 15 heavy (non-hydrogen) atoms. The van der Waals surface area contributed by atoms with E-state index in [1.54, 1.807) is 6.07 Å². The molecule has 0 unspecified atom stereocenters. The Bertz CT molecular complexity index is 316. The van der Waals surface area contributed by atoms with Crippen molar-refractivity contribution in [2.75, 3.05) is 13.1 Å². The molecule has 0 aliphatic carbocycles. The molecule has 84 valence electrons. The minimum absolute atomic E-state index is 0. The molecule has 1 aromatic carbocycles. The fourth-order valence-electron chi connectivity index (χ4n) is 2.31. The standard InChI is InChI=1S/C12H17NO.ClH/c1-2-9-7-13-8-12(9)10-4-3-5-11(14)6-10;/h3-6,9,12-14H,2,7-8H2,1H3;1H/t9-,12+;/m0./s1. The number of phenols is 1. The third-order valence-electron chi connectivity index (χ3n) is 3.16. The van der Waals surface area contributed by atoms with Gasteiger partial charge in [-0.3, -0.25) is 0 Å². The van der Waals surface area contributed by atoms with Gasteiger partial charge in [-0.15, -0.1) is 12.4 Å². The fourth-order valence-corrected chi connectivity index (χ4v) is 2.31. The van der Waals surface area contributed by atoms with Crippen molar-refractivity contribution in [3.8, 4) is 5.75 Å². The van der Waals surface area contributed by atoms with Crippen LogP contribution in [0.5, 0.6) is 5.75 Å². The number of hydrogen-bond donors (Lipinski definition) is 2. The van der Waals surface area contributed by atoms with Crippen LogP contribution >= 0.6 is 12.4 Å². The Hall–Kier alpha value is -0.730. The molecule has 0 bridgehead atoms. The first kappa shape index (κ1) is 12.3. The van der Waals surface area contributed by atoms with E-state index in [1.807, 2.05) is 12.1 Å². The number of benzene rings is 1. The van der Waals surface area contributed by atoms with Gasteiger partial charge in [0.15, 0.2) is 0 Å². The van der Waals surface area contributed by atoms with Gasteiger partial charge in [-0.25, -0.2) is 0 Å². The van der Waals surface area contributed by atoms with E-state index in [9.17, 15) is 5.11 Å². The molecule has 2 N–H and O–H groups in total. The van der Waals surface area contributed by atoms with Gasteiger partial charge in [0.1, 0.15) is 5.75 Å². The SMILES string of the molecule is CC[C@H]1CNC[C@H]1c1cccc(O)c1.Cl. The number of aromatic hydroxyl groups is 1. The maximum atomic E-state index is 9.41. The molecule has 0 saturated carbocycles. The number of hydrogen-bond acceptors (Lipinski definition) is 2. The third kappa shape index (κ3) is 2.64.